The quantitative estimate of drug-likeness (QED) is 0.938. The van der Waals surface area contributed by atoms with Crippen LogP contribution in [-0.2, 0) is 4.79 Å². The van der Waals surface area contributed by atoms with E-state index < -0.39 is 0 Å². The van der Waals surface area contributed by atoms with Crippen molar-refractivity contribution in [2.75, 3.05) is 11.9 Å². The van der Waals surface area contributed by atoms with Gasteiger partial charge in [0.05, 0.1) is 11.6 Å². The lowest BCUT2D eigenvalue weighted by Crippen LogP contribution is -2.20. The van der Waals surface area contributed by atoms with Gasteiger partial charge in [-0.2, -0.15) is 5.26 Å². The van der Waals surface area contributed by atoms with E-state index in [1.165, 1.54) is 5.56 Å². The van der Waals surface area contributed by atoms with Crippen molar-refractivity contribution < 1.29 is 9.53 Å². The second kappa shape index (κ2) is 6.77. The van der Waals surface area contributed by atoms with E-state index in [0.29, 0.717) is 11.3 Å². The molecule has 0 saturated heterocycles. The molecule has 0 heterocycles. The summed E-state index contributed by atoms with van der Waals surface area (Å²) in [5, 5.41) is 11.5. The van der Waals surface area contributed by atoms with E-state index in [0.717, 1.165) is 16.9 Å². The second-order valence-corrected chi connectivity index (χ2v) is 5.23. The Kier molecular flexibility index (Phi) is 4.80. The highest BCUT2D eigenvalue weighted by Crippen LogP contribution is 2.22. The molecule has 0 atom stereocenters. The van der Waals surface area contributed by atoms with Crippen molar-refractivity contribution in [3.8, 4) is 11.8 Å². The van der Waals surface area contributed by atoms with E-state index in [1.54, 1.807) is 24.3 Å². The molecule has 4 heteroatoms. The van der Waals surface area contributed by atoms with Gasteiger partial charge in [0.1, 0.15) is 5.75 Å². The highest BCUT2D eigenvalue weighted by atomic mass is 16.5. The first-order chi connectivity index (χ1) is 10.5. The third-order valence-electron chi connectivity index (χ3n) is 3.45. The van der Waals surface area contributed by atoms with E-state index in [4.69, 9.17) is 10.00 Å². The normalized spacial score (nSPS) is 9.91. The monoisotopic (exact) mass is 294 g/mol. The van der Waals surface area contributed by atoms with Crippen LogP contribution in [0.2, 0.25) is 0 Å². The third-order valence-corrected chi connectivity index (χ3v) is 3.45. The number of carbonyl (C=O) groups is 1. The molecule has 1 amide bonds. The SMILES string of the molecule is Cc1cc(C)c(OCC(=O)Nc2ccc(C#N)cc2)cc1C. The van der Waals surface area contributed by atoms with Crippen molar-refractivity contribution in [1.82, 2.24) is 0 Å². The zero-order valence-corrected chi connectivity index (χ0v) is 12.9. The smallest absolute Gasteiger partial charge is 0.262 e. The molecule has 0 saturated carbocycles. The van der Waals surface area contributed by atoms with Crippen LogP contribution in [0.1, 0.15) is 22.3 Å². The molecule has 22 heavy (non-hydrogen) atoms. The van der Waals surface area contributed by atoms with E-state index in [9.17, 15) is 4.79 Å². The van der Waals surface area contributed by atoms with Gasteiger partial charge in [-0.3, -0.25) is 4.79 Å². The Hall–Kier alpha value is -2.80. The minimum atomic E-state index is -0.234. The van der Waals surface area contributed by atoms with Crippen LogP contribution in [0.25, 0.3) is 0 Å². The number of aryl methyl sites for hydroxylation is 3. The number of hydrogen-bond donors (Lipinski definition) is 1. The number of anilines is 1. The largest absolute Gasteiger partial charge is 0.483 e. The van der Waals surface area contributed by atoms with Crippen LogP contribution in [0.15, 0.2) is 36.4 Å². The zero-order chi connectivity index (χ0) is 16.1. The van der Waals surface area contributed by atoms with Crippen LogP contribution >= 0.6 is 0 Å². The van der Waals surface area contributed by atoms with Gasteiger partial charge in [-0.25, -0.2) is 0 Å². The Labute approximate surface area is 130 Å². The van der Waals surface area contributed by atoms with E-state index in [1.807, 2.05) is 39.0 Å². The molecule has 0 aliphatic rings. The number of hydrogen-bond acceptors (Lipinski definition) is 3. The molecule has 4 nitrogen and oxygen atoms in total. The fraction of sp³-hybridized carbons (Fsp3) is 0.222. The number of amides is 1. The van der Waals surface area contributed by atoms with Crippen molar-refractivity contribution in [2.45, 2.75) is 20.8 Å². The van der Waals surface area contributed by atoms with E-state index >= 15 is 0 Å². The molecule has 2 aromatic carbocycles. The van der Waals surface area contributed by atoms with Gasteiger partial charge in [0.25, 0.3) is 5.91 Å². The molecule has 0 aromatic heterocycles. The number of nitrogens with zero attached hydrogens (tertiary/aromatic N) is 1. The number of carbonyl (C=O) groups excluding carboxylic acids is 1. The molecule has 112 valence electrons. The molecule has 0 radical (unpaired) electrons. The summed E-state index contributed by atoms with van der Waals surface area (Å²) in [6.45, 7) is 5.96. The molecule has 0 bridgehead atoms. The lowest BCUT2D eigenvalue weighted by Gasteiger charge is -2.12. The maximum absolute atomic E-state index is 11.9. The minimum absolute atomic E-state index is 0.0522. The molecule has 2 aromatic rings. The minimum Gasteiger partial charge on any atom is -0.483 e. The topological polar surface area (TPSA) is 62.1 Å². The fourth-order valence-corrected chi connectivity index (χ4v) is 2.06. The fourth-order valence-electron chi connectivity index (χ4n) is 2.06. The molecule has 2 rings (SSSR count). The number of nitriles is 1. The number of benzene rings is 2. The first kappa shape index (κ1) is 15.6. The van der Waals surface area contributed by atoms with Gasteiger partial charge in [0.2, 0.25) is 0 Å². The standard InChI is InChI=1S/C18H18N2O2/c1-12-8-14(3)17(9-13(12)2)22-11-18(21)20-16-6-4-15(10-19)5-7-16/h4-9H,11H2,1-3H3,(H,20,21). The Balaban J connectivity index is 1.95. The molecule has 1 N–H and O–H groups in total. The maximum Gasteiger partial charge on any atom is 0.262 e. The molecular formula is C18H18N2O2. The molecule has 0 fully saturated rings. The predicted octanol–water partition coefficient (Wildman–Crippen LogP) is 3.50. The molecule has 0 aliphatic heterocycles. The van der Waals surface area contributed by atoms with Gasteiger partial charge in [0.15, 0.2) is 6.61 Å². The second-order valence-electron chi connectivity index (χ2n) is 5.23. The first-order valence-corrected chi connectivity index (χ1v) is 7.00. The summed E-state index contributed by atoms with van der Waals surface area (Å²) in [5.41, 5.74) is 4.54. The van der Waals surface area contributed by atoms with Crippen molar-refractivity contribution in [3.63, 3.8) is 0 Å². The molecule has 0 unspecified atom stereocenters. The van der Waals surface area contributed by atoms with Gasteiger partial charge < -0.3 is 10.1 Å². The summed E-state index contributed by atoms with van der Waals surface area (Å²) in [6, 6.07) is 12.7. The van der Waals surface area contributed by atoms with Crippen molar-refractivity contribution in [1.29, 1.82) is 5.26 Å². The summed E-state index contributed by atoms with van der Waals surface area (Å²) in [4.78, 5) is 11.9. The lowest BCUT2D eigenvalue weighted by atomic mass is 10.1. The average molecular weight is 294 g/mol. The van der Waals surface area contributed by atoms with Gasteiger partial charge >= 0.3 is 0 Å². The molecule has 0 spiro atoms. The summed E-state index contributed by atoms with van der Waals surface area (Å²) >= 11 is 0. The number of nitrogens with one attached hydrogen (secondary N) is 1. The third kappa shape index (κ3) is 3.86. The Morgan fingerprint density at radius 1 is 1.09 bits per heavy atom. The van der Waals surface area contributed by atoms with Crippen LogP contribution in [0.5, 0.6) is 5.75 Å². The summed E-state index contributed by atoms with van der Waals surface area (Å²) in [5.74, 6) is 0.486. The van der Waals surface area contributed by atoms with E-state index in [-0.39, 0.29) is 12.5 Å². The van der Waals surface area contributed by atoms with Crippen LogP contribution in [0.4, 0.5) is 5.69 Å². The van der Waals surface area contributed by atoms with Crippen LogP contribution in [0.3, 0.4) is 0 Å². The first-order valence-electron chi connectivity index (χ1n) is 7.00. The summed E-state index contributed by atoms with van der Waals surface area (Å²) < 4.78 is 5.59. The van der Waals surface area contributed by atoms with Crippen molar-refractivity contribution in [3.05, 3.63) is 58.7 Å². The van der Waals surface area contributed by atoms with Gasteiger partial charge in [-0.1, -0.05) is 6.07 Å². The molecular weight excluding hydrogens is 276 g/mol. The maximum atomic E-state index is 11.9. The van der Waals surface area contributed by atoms with Gasteiger partial charge in [-0.05, 0) is 67.8 Å². The number of rotatable bonds is 4. The average Bonchev–Trinajstić information content (AvgIpc) is 2.50. The van der Waals surface area contributed by atoms with E-state index in [2.05, 4.69) is 5.32 Å². The predicted molar refractivity (Wildman–Crippen MR) is 85.9 cm³/mol. The van der Waals surface area contributed by atoms with Crippen molar-refractivity contribution >= 4 is 11.6 Å². The van der Waals surface area contributed by atoms with Gasteiger partial charge in [-0.15, -0.1) is 0 Å². The molecule has 0 aliphatic carbocycles. The number of ether oxygens (including phenoxy) is 1. The van der Waals surface area contributed by atoms with Crippen LogP contribution in [-0.4, -0.2) is 12.5 Å². The Morgan fingerprint density at radius 3 is 2.36 bits per heavy atom. The Morgan fingerprint density at radius 2 is 1.73 bits per heavy atom. The van der Waals surface area contributed by atoms with Crippen LogP contribution in [0, 0.1) is 32.1 Å². The summed E-state index contributed by atoms with van der Waals surface area (Å²) in [7, 11) is 0. The zero-order valence-electron chi connectivity index (χ0n) is 12.9. The van der Waals surface area contributed by atoms with Crippen LogP contribution < -0.4 is 10.1 Å². The highest BCUT2D eigenvalue weighted by molar-refractivity contribution is 5.91. The van der Waals surface area contributed by atoms with Crippen molar-refractivity contribution in [2.24, 2.45) is 0 Å². The lowest BCUT2D eigenvalue weighted by molar-refractivity contribution is -0.118. The Bertz CT molecular complexity index is 728. The summed E-state index contributed by atoms with van der Waals surface area (Å²) in [6.07, 6.45) is 0. The highest BCUT2D eigenvalue weighted by Gasteiger charge is 2.07. The van der Waals surface area contributed by atoms with Gasteiger partial charge in [0, 0.05) is 5.69 Å².